The van der Waals surface area contributed by atoms with Gasteiger partial charge in [0.15, 0.2) is 0 Å². The van der Waals surface area contributed by atoms with E-state index in [1.807, 2.05) is 0 Å². The zero-order chi connectivity index (χ0) is 12.1. The molecular weight excluding hydrogens is 212 g/mol. The molecule has 0 fully saturated rings. The number of aliphatic hydroxyl groups is 1. The van der Waals surface area contributed by atoms with Crippen molar-refractivity contribution >= 4 is 17.3 Å². The Morgan fingerprint density at radius 2 is 2.31 bits per heavy atom. The van der Waals surface area contributed by atoms with Crippen molar-refractivity contribution in [2.24, 2.45) is 0 Å². The smallest absolute Gasteiger partial charge is 0.311 e. The summed E-state index contributed by atoms with van der Waals surface area (Å²) in [6, 6.07) is 2.93. The number of nitrogens with one attached hydrogen (secondary N) is 1. The average molecular weight is 226 g/mol. The monoisotopic (exact) mass is 226 g/mol. The Morgan fingerprint density at radius 1 is 1.62 bits per heavy atom. The number of anilines is 2. The van der Waals surface area contributed by atoms with Crippen LogP contribution >= 0.6 is 0 Å². The summed E-state index contributed by atoms with van der Waals surface area (Å²) in [5, 5.41) is 22.4. The molecule has 0 aliphatic carbocycles. The van der Waals surface area contributed by atoms with Gasteiger partial charge < -0.3 is 15.3 Å². The first-order valence-electron chi connectivity index (χ1n) is 4.75. The van der Waals surface area contributed by atoms with Crippen LogP contribution in [0.25, 0.3) is 0 Å². The van der Waals surface area contributed by atoms with Crippen molar-refractivity contribution in [3.63, 3.8) is 0 Å². The molecule has 0 radical (unpaired) electrons. The molecule has 1 rings (SSSR count). The van der Waals surface area contributed by atoms with Crippen LogP contribution in [-0.2, 0) is 0 Å². The van der Waals surface area contributed by atoms with E-state index < -0.39 is 4.92 Å². The number of aromatic nitrogens is 1. The van der Waals surface area contributed by atoms with Crippen LogP contribution in [0.3, 0.4) is 0 Å². The number of rotatable bonds is 5. The van der Waals surface area contributed by atoms with E-state index in [1.165, 1.54) is 12.1 Å². The molecule has 0 aliphatic rings. The van der Waals surface area contributed by atoms with Crippen LogP contribution in [-0.4, -0.2) is 42.3 Å². The molecule has 0 saturated carbocycles. The summed E-state index contributed by atoms with van der Waals surface area (Å²) < 4.78 is 0. The van der Waals surface area contributed by atoms with Gasteiger partial charge in [0.05, 0.1) is 11.5 Å². The lowest BCUT2D eigenvalue weighted by atomic mass is 10.3. The zero-order valence-corrected chi connectivity index (χ0v) is 9.17. The Balaban J connectivity index is 3.14. The minimum absolute atomic E-state index is 0.0741. The molecule has 0 spiro atoms. The third-order valence-corrected chi connectivity index (χ3v) is 2.10. The van der Waals surface area contributed by atoms with Crippen molar-refractivity contribution in [3.8, 4) is 0 Å². The van der Waals surface area contributed by atoms with E-state index in [4.69, 9.17) is 5.11 Å². The first-order chi connectivity index (χ1) is 7.60. The van der Waals surface area contributed by atoms with Crippen LogP contribution in [0.2, 0.25) is 0 Å². The topological polar surface area (TPSA) is 91.5 Å². The van der Waals surface area contributed by atoms with E-state index in [2.05, 4.69) is 10.3 Å². The van der Waals surface area contributed by atoms with Crippen molar-refractivity contribution in [1.29, 1.82) is 0 Å². The van der Waals surface area contributed by atoms with Crippen molar-refractivity contribution in [1.82, 2.24) is 4.98 Å². The summed E-state index contributed by atoms with van der Waals surface area (Å²) >= 11 is 0. The number of nitro groups is 1. The second-order valence-corrected chi connectivity index (χ2v) is 3.19. The number of nitrogens with zero attached hydrogens (tertiary/aromatic N) is 3. The fourth-order valence-corrected chi connectivity index (χ4v) is 1.26. The van der Waals surface area contributed by atoms with Crippen LogP contribution in [0, 0.1) is 10.1 Å². The summed E-state index contributed by atoms with van der Waals surface area (Å²) in [5.74, 6) is 0.788. The Kier molecular flexibility index (Phi) is 4.01. The van der Waals surface area contributed by atoms with E-state index in [0.717, 1.165) is 0 Å². The van der Waals surface area contributed by atoms with Gasteiger partial charge in [-0.05, 0) is 6.07 Å². The number of hydrogen-bond acceptors (Lipinski definition) is 6. The molecule has 0 aromatic carbocycles. The van der Waals surface area contributed by atoms with E-state index in [-0.39, 0.29) is 18.1 Å². The predicted octanol–water partition coefficient (Wildman–Crippen LogP) is 0.460. The quantitative estimate of drug-likeness (QED) is 0.559. The molecule has 16 heavy (non-hydrogen) atoms. The van der Waals surface area contributed by atoms with E-state index in [0.29, 0.717) is 12.4 Å². The highest BCUT2D eigenvalue weighted by atomic mass is 16.6. The minimum atomic E-state index is -0.490. The van der Waals surface area contributed by atoms with Crippen LogP contribution in [0.5, 0.6) is 0 Å². The number of hydrogen-bond donors (Lipinski definition) is 2. The first-order valence-corrected chi connectivity index (χ1v) is 4.75. The highest BCUT2D eigenvalue weighted by molar-refractivity contribution is 5.61. The van der Waals surface area contributed by atoms with Gasteiger partial charge in [-0.25, -0.2) is 4.98 Å². The van der Waals surface area contributed by atoms with Crippen molar-refractivity contribution < 1.29 is 10.0 Å². The molecule has 0 bridgehead atoms. The molecule has 7 nitrogen and oxygen atoms in total. The van der Waals surface area contributed by atoms with Gasteiger partial charge in [0.1, 0.15) is 5.82 Å². The molecular formula is C9H14N4O3. The molecule has 0 saturated heterocycles. The molecule has 0 aliphatic heterocycles. The summed E-state index contributed by atoms with van der Waals surface area (Å²) in [5.41, 5.74) is -0.0741. The highest BCUT2D eigenvalue weighted by Crippen LogP contribution is 2.26. The van der Waals surface area contributed by atoms with Gasteiger partial charge >= 0.3 is 5.69 Å². The second kappa shape index (κ2) is 5.26. The maximum absolute atomic E-state index is 10.8. The van der Waals surface area contributed by atoms with Crippen molar-refractivity contribution in [2.75, 3.05) is 37.5 Å². The molecule has 1 aromatic rings. The lowest BCUT2D eigenvalue weighted by molar-refractivity contribution is -0.384. The van der Waals surface area contributed by atoms with E-state index >= 15 is 0 Å². The van der Waals surface area contributed by atoms with Crippen LogP contribution < -0.4 is 10.2 Å². The Bertz CT molecular complexity index is 383. The number of pyridine rings is 1. The third kappa shape index (κ3) is 2.57. The summed E-state index contributed by atoms with van der Waals surface area (Å²) in [4.78, 5) is 15.9. The zero-order valence-electron chi connectivity index (χ0n) is 9.17. The summed E-state index contributed by atoms with van der Waals surface area (Å²) in [6.45, 7) is 0.208. The van der Waals surface area contributed by atoms with E-state index in [1.54, 1.807) is 19.0 Å². The Hall–Kier alpha value is -1.89. The molecule has 1 aromatic heterocycles. The Morgan fingerprint density at radius 3 is 2.81 bits per heavy atom. The van der Waals surface area contributed by atoms with Gasteiger partial charge in [0.2, 0.25) is 5.82 Å². The van der Waals surface area contributed by atoms with Gasteiger partial charge in [-0.15, -0.1) is 0 Å². The van der Waals surface area contributed by atoms with Gasteiger partial charge in [-0.1, -0.05) is 0 Å². The summed E-state index contributed by atoms with van der Waals surface area (Å²) in [7, 11) is 3.33. The third-order valence-electron chi connectivity index (χ3n) is 2.10. The SMILES string of the molecule is CNc1ccc([N+](=O)[O-])c(N(C)CCO)n1. The fourth-order valence-electron chi connectivity index (χ4n) is 1.26. The maximum Gasteiger partial charge on any atom is 0.311 e. The molecule has 88 valence electrons. The normalized spacial score (nSPS) is 9.94. The number of likely N-dealkylation sites (N-methyl/N-ethyl adjacent to an activating group) is 1. The minimum Gasteiger partial charge on any atom is -0.395 e. The lowest BCUT2D eigenvalue weighted by Crippen LogP contribution is -2.23. The summed E-state index contributed by atoms with van der Waals surface area (Å²) in [6.07, 6.45) is 0. The number of aliphatic hydroxyl groups excluding tert-OH is 1. The molecule has 0 unspecified atom stereocenters. The molecule has 2 N–H and O–H groups in total. The fraction of sp³-hybridized carbons (Fsp3) is 0.444. The molecule has 0 amide bonds. The van der Waals surface area contributed by atoms with Crippen LogP contribution in [0.15, 0.2) is 12.1 Å². The lowest BCUT2D eigenvalue weighted by Gasteiger charge is -2.17. The van der Waals surface area contributed by atoms with Gasteiger partial charge in [-0.3, -0.25) is 10.1 Å². The van der Waals surface area contributed by atoms with E-state index in [9.17, 15) is 10.1 Å². The van der Waals surface area contributed by atoms with Gasteiger partial charge in [0, 0.05) is 26.7 Å². The van der Waals surface area contributed by atoms with Crippen LogP contribution in [0.1, 0.15) is 0 Å². The Labute approximate surface area is 92.9 Å². The predicted molar refractivity (Wildman–Crippen MR) is 60.8 cm³/mol. The molecule has 7 heteroatoms. The van der Waals surface area contributed by atoms with Crippen molar-refractivity contribution in [3.05, 3.63) is 22.2 Å². The average Bonchev–Trinajstić information content (AvgIpc) is 2.28. The maximum atomic E-state index is 10.8. The van der Waals surface area contributed by atoms with Crippen molar-refractivity contribution in [2.45, 2.75) is 0 Å². The highest BCUT2D eigenvalue weighted by Gasteiger charge is 2.18. The molecule has 0 atom stereocenters. The molecule has 1 heterocycles. The van der Waals surface area contributed by atoms with Crippen LogP contribution in [0.4, 0.5) is 17.3 Å². The van der Waals surface area contributed by atoms with Gasteiger partial charge in [-0.2, -0.15) is 0 Å². The largest absolute Gasteiger partial charge is 0.395 e. The second-order valence-electron chi connectivity index (χ2n) is 3.19. The van der Waals surface area contributed by atoms with Gasteiger partial charge in [0.25, 0.3) is 0 Å². The first kappa shape index (κ1) is 12.2. The standard InChI is InChI=1S/C9H14N4O3/c1-10-8-4-3-7(13(15)16)9(11-8)12(2)5-6-14/h3-4,14H,5-6H2,1-2H3,(H,10,11).